The molecule has 0 unspecified atom stereocenters. The van der Waals surface area contributed by atoms with Gasteiger partial charge in [-0.05, 0) is 0 Å². The fraction of sp³-hybridized carbons (Fsp3) is 0.182. The summed E-state index contributed by atoms with van der Waals surface area (Å²) in [5.41, 5.74) is 0. The van der Waals surface area contributed by atoms with Crippen LogP contribution in [-0.4, -0.2) is 4.21 Å². The number of rotatable bonds is 0. The summed E-state index contributed by atoms with van der Waals surface area (Å²) >= 11 is 1.30. The van der Waals surface area contributed by atoms with Gasteiger partial charge in [-0.15, -0.1) is 12.8 Å². The molecule has 0 aromatic heterocycles. The summed E-state index contributed by atoms with van der Waals surface area (Å²) in [7, 11) is 0. The van der Waals surface area contributed by atoms with Crippen molar-refractivity contribution in [1.29, 1.82) is 0 Å². The standard InChI is InChI=1S/2C5H5.CH2.Zr.H/c2*1-2-4-5-3-1;;;/h2*1-3H,4H2;1H2;;/q2*-1;;+2;-1. The maximum absolute atomic E-state index is 3.34. The third-order valence-corrected chi connectivity index (χ3v) is 1.17. The van der Waals surface area contributed by atoms with Gasteiger partial charge in [0.05, 0.1) is 0 Å². The minimum absolute atomic E-state index is 0. The van der Waals surface area contributed by atoms with Gasteiger partial charge in [-0.1, -0.05) is 0 Å². The van der Waals surface area contributed by atoms with Gasteiger partial charge in [0.25, 0.3) is 0 Å². The van der Waals surface area contributed by atoms with Crippen LogP contribution in [0.4, 0.5) is 0 Å². The minimum Gasteiger partial charge on any atom is -1.00 e. The Bertz CT molecular complexity index is 160. The average molecular weight is 236 g/mol. The SMILES string of the molecule is [C-]1=CC=CC1.[C-]1=CC=CC1.[CH2]=[Zr+2].[H-]. The molecular weight excluding hydrogens is 223 g/mol. The van der Waals surface area contributed by atoms with E-state index in [9.17, 15) is 0 Å². The molecule has 0 saturated carbocycles. The third-order valence-electron chi connectivity index (χ3n) is 1.17. The number of hydrogen-bond donors (Lipinski definition) is 0. The van der Waals surface area contributed by atoms with Crippen molar-refractivity contribution in [3.8, 4) is 0 Å². The molecule has 0 fully saturated rings. The fourth-order valence-corrected chi connectivity index (χ4v) is 0.680. The van der Waals surface area contributed by atoms with Crippen LogP contribution in [-0.2, 0) is 24.2 Å². The molecule has 0 aromatic rings. The monoisotopic (exact) mass is 235 g/mol. The normalized spacial score (nSPS) is 15.2. The average Bonchev–Trinajstić information content (AvgIpc) is 2.87. The van der Waals surface area contributed by atoms with Crippen molar-refractivity contribution in [3.63, 3.8) is 0 Å². The summed E-state index contributed by atoms with van der Waals surface area (Å²) in [4.78, 5) is 0. The summed E-state index contributed by atoms with van der Waals surface area (Å²) in [5.74, 6) is 0. The maximum atomic E-state index is 3.34. The predicted octanol–water partition coefficient (Wildman–Crippen LogP) is 2.69. The van der Waals surface area contributed by atoms with Gasteiger partial charge in [0.15, 0.2) is 0 Å². The first-order valence-electron chi connectivity index (χ1n) is 3.79. The quantitative estimate of drug-likeness (QED) is 0.567. The van der Waals surface area contributed by atoms with Crippen LogP contribution in [0.3, 0.4) is 0 Å². The van der Waals surface area contributed by atoms with E-state index < -0.39 is 0 Å². The summed E-state index contributed by atoms with van der Waals surface area (Å²) in [6.45, 7) is 0. The zero-order valence-electron chi connectivity index (χ0n) is 8.09. The van der Waals surface area contributed by atoms with Gasteiger partial charge >= 0.3 is 28.4 Å². The summed E-state index contributed by atoms with van der Waals surface area (Å²) in [5, 5.41) is 0. The van der Waals surface area contributed by atoms with Crippen LogP contribution < -0.4 is 0 Å². The van der Waals surface area contributed by atoms with Gasteiger partial charge in [0.2, 0.25) is 0 Å². The molecule has 0 aliphatic heterocycles. The van der Waals surface area contributed by atoms with Gasteiger partial charge in [-0.25, -0.2) is 24.3 Å². The summed E-state index contributed by atoms with van der Waals surface area (Å²) < 4.78 is 3.34. The molecule has 0 N–H and O–H groups in total. The molecule has 0 spiro atoms. The molecule has 0 saturated heterocycles. The minimum atomic E-state index is 0. The smallest absolute Gasteiger partial charge is 1.00 e. The molecule has 62 valence electrons. The fourth-order valence-electron chi connectivity index (χ4n) is 0.680. The second-order valence-corrected chi connectivity index (χ2v) is 2.01. The molecule has 0 bridgehead atoms. The Balaban J connectivity index is 0. The van der Waals surface area contributed by atoms with Crippen molar-refractivity contribution < 1.29 is 25.7 Å². The second-order valence-electron chi connectivity index (χ2n) is 2.01. The Kier molecular flexibility index (Phi) is 10.5. The molecule has 0 aromatic carbocycles. The second kappa shape index (κ2) is 10.7. The number of hydrogen-bond acceptors (Lipinski definition) is 0. The third kappa shape index (κ3) is 7.82. The van der Waals surface area contributed by atoms with Crippen LogP contribution in [0, 0.1) is 12.2 Å². The van der Waals surface area contributed by atoms with Gasteiger partial charge in [-0.3, -0.25) is 12.2 Å². The molecule has 1 heteroatoms. The molecule has 0 heterocycles. The van der Waals surface area contributed by atoms with E-state index in [1.165, 1.54) is 24.2 Å². The van der Waals surface area contributed by atoms with Crippen LogP contribution >= 0.6 is 0 Å². The van der Waals surface area contributed by atoms with Crippen LogP contribution in [0.2, 0.25) is 0 Å². The molecule has 0 radical (unpaired) electrons. The Hall–Kier alpha value is -0.287. The zero-order chi connectivity index (χ0) is 9.07. The topological polar surface area (TPSA) is 0 Å². The molecule has 2 aliphatic carbocycles. The van der Waals surface area contributed by atoms with E-state index in [2.05, 4.69) is 28.5 Å². The van der Waals surface area contributed by atoms with E-state index >= 15 is 0 Å². The molecule has 0 amide bonds. The first-order valence-corrected chi connectivity index (χ1v) is 5.53. The van der Waals surface area contributed by atoms with Crippen molar-refractivity contribution >= 4 is 4.21 Å². The van der Waals surface area contributed by atoms with Crippen molar-refractivity contribution in [2.24, 2.45) is 0 Å². The van der Waals surface area contributed by atoms with E-state index in [0.29, 0.717) is 0 Å². The van der Waals surface area contributed by atoms with Crippen LogP contribution in [0.25, 0.3) is 0 Å². The molecule has 2 rings (SSSR count). The Morgan fingerprint density at radius 1 is 1.00 bits per heavy atom. The largest absolute Gasteiger partial charge is 1.00 e. The molecular formula is C11H13Zr-. The van der Waals surface area contributed by atoms with Crippen molar-refractivity contribution in [2.45, 2.75) is 12.8 Å². The molecule has 2 aliphatic rings. The first-order chi connectivity index (χ1) is 6.00. The van der Waals surface area contributed by atoms with E-state index in [0.717, 1.165) is 12.8 Å². The number of allylic oxidation sites excluding steroid dienone is 8. The Morgan fingerprint density at radius 3 is 1.50 bits per heavy atom. The van der Waals surface area contributed by atoms with Crippen LogP contribution in [0.5, 0.6) is 0 Å². The van der Waals surface area contributed by atoms with Gasteiger partial charge in [-0.2, -0.15) is 12.2 Å². The molecule has 0 atom stereocenters. The molecule has 0 nitrogen and oxygen atoms in total. The maximum Gasteiger partial charge on any atom is -1.00 e. The van der Waals surface area contributed by atoms with Gasteiger partial charge in [0.1, 0.15) is 0 Å². The van der Waals surface area contributed by atoms with E-state index in [1.807, 2.05) is 24.3 Å². The summed E-state index contributed by atoms with van der Waals surface area (Å²) in [6, 6.07) is 0. The van der Waals surface area contributed by atoms with Gasteiger partial charge in [0, 0.05) is 0 Å². The Labute approximate surface area is 91.2 Å². The summed E-state index contributed by atoms with van der Waals surface area (Å²) in [6.07, 6.45) is 20.0. The van der Waals surface area contributed by atoms with Crippen LogP contribution in [0.1, 0.15) is 14.3 Å². The van der Waals surface area contributed by atoms with Crippen LogP contribution in [0.15, 0.2) is 36.5 Å². The zero-order valence-corrected chi connectivity index (χ0v) is 9.54. The Morgan fingerprint density at radius 2 is 1.42 bits per heavy atom. The molecule has 12 heavy (non-hydrogen) atoms. The van der Waals surface area contributed by atoms with E-state index in [1.54, 1.807) is 0 Å². The predicted molar refractivity (Wildman–Crippen MR) is 51.4 cm³/mol. The first kappa shape index (κ1) is 11.7. The van der Waals surface area contributed by atoms with Gasteiger partial charge < -0.3 is 1.43 Å². The van der Waals surface area contributed by atoms with Crippen molar-refractivity contribution in [3.05, 3.63) is 48.6 Å². The van der Waals surface area contributed by atoms with Crippen molar-refractivity contribution in [1.82, 2.24) is 0 Å². The van der Waals surface area contributed by atoms with E-state index in [4.69, 9.17) is 0 Å². The van der Waals surface area contributed by atoms with E-state index in [-0.39, 0.29) is 1.43 Å². The van der Waals surface area contributed by atoms with Crippen molar-refractivity contribution in [2.75, 3.05) is 0 Å².